The van der Waals surface area contributed by atoms with Gasteiger partial charge in [-0.15, -0.1) is 0 Å². The molecule has 6 nitrogen and oxygen atoms in total. The molecular formula is C18H26ClN3O3. The molecule has 0 spiro atoms. The topological polar surface area (TPSA) is 54.0 Å². The lowest BCUT2D eigenvalue weighted by molar-refractivity contribution is -0.0364. The Hall–Kier alpha value is -1.50. The van der Waals surface area contributed by atoms with Gasteiger partial charge >= 0.3 is 6.03 Å². The molecule has 0 radical (unpaired) electrons. The van der Waals surface area contributed by atoms with Gasteiger partial charge in [-0.1, -0.05) is 11.6 Å². The highest BCUT2D eigenvalue weighted by atomic mass is 35.5. The van der Waals surface area contributed by atoms with Gasteiger partial charge in [-0.25, -0.2) is 4.79 Å². The van der Waals surface area contributed by atoms with Crippen LogP contribution in [0.3, 0.4) is 0 Å². The number of urea groups is 1. The lowest BCUT2D eigenvalue weighted by atomic mass is 10.1. The van der Waals surface area contributed by atoms with E-state index in [4.69, 9.17) is 21.1 Å². The summed E-state index contributed by atoms with van der Waals surface area (Å²) >= 11 is 6.08. The first-order valence-electron chi connectivity index (χ1n) is 8.93. The van der Waals surface area contributed by atoms with Crippen LogP contribution in [0.5, 0.6) is 5.75 Å². The normalized spacial score (nSPS) is 20.9. The zero-order chi connectivity index (χ0) is 17.6. The van der Waals surface area contributed by atoms with Crippen molar-refractivity contribution in [2.45, 2.75) is 19.4 Å². The van der Waals surface area contributed by atoms with E-state index in [1.807, 2.05) is 30.0 Å². The van der Waals surface area contributed by atoms with E-state index in [2.05, 4.69) is 10.2 Å². The van der Waals surface area contributed by atoms with Gasteiger partial charge in [0.15, 0.2) is 0 Å². The first-order chi connectivity index (χ1) is 12.2. The van der Waals surface area contributed by atoms with E-state index in [1.54, 1.807) is 0 Å². The number of piperazine rings is 1. The number of rotatable bonds is 5. The minimum atomic E-state index is -0.00906. The van der Waals surface area contributed by atoms with Crippen LogP contribution in [0.1, 0.15) is 12.5 Å². The maximum Gasteiger partial charge on any atom is 0.317 e. The van der Waals surface area contributed by atoms with Crippen molar-refractivity contribution in [1.82, 2.24) is 15.1 Å². The van der Waals surface area contributed by atoms with Gasteiger partial charge in [-0.3, -0.25) is 4.90 Å². The molecule has 1 aromatic carbocycles. The van der Waals surface area contributed by atoms with E-state index in [1.165, 1.54) is 0 Å². The van der Waals surface area contributed by atoms with Gasteiger partial charge in [-0.2, -0.15) is 0 Å². The number of hydrogen-bond donors (Lipinski definition) is 1. The van der Waals surface area contributed by atoms with Crippen LogP contribution >= 0.6 is 11.6 Å². The van der Waals surface area contributed by atoms with Crippen LogP contribution in [-0.4, -0.2) is 74.4 Å². The number of fused-ring (bicyclic) bond motifs is 1. The Morgan fingerprint density at radius 3 is 3.12 bits per heavy atom. The van der Waals surface area contributed by atoms with Crippen molar-refractivity contribution in [2.75, 3.05) is 52.5 Å². The molecule has 1 N–H and O–H groups in total. The fraction of sp³-hybridized carbons (Fsp3) is 0.611. The summed E-state index contributed by atoms with van der Waals surface area (Å²) in [5, 5.41) is 3.69. The van der Waals surface area contributed by atoms with E-state index in [-0.39, 0.29) is 6.03 Å². The number of benzene rings is 1. The third-order valence-corrected chi connectivity index (χ3v) is 4.95. The summed E-state index contributed by atoms with van der Waals surface area (Å²) in [6.45, 7) is 8.01. The quantitative estimate of drug-likeness (QED) is 0.865. The number of amides is 2. The molecule has 2 fully saturated rings. The van der Waals surface area contributed by atoms with E-state index in [0.717, 1.165) is 44.1 Å². The van der Waals surface area contributed by atoms with Gasteiger partial charge < -0.3 is 19.7 Å². The summed E-state index contributed by atoms with van der Waals surface area (Å²) in [7, 11) is 0. The standard InChI is InChI=1S/C18H26ClN3O3/c1-2-25-17-4-3-15(19)11-14(17)5-6-20-18(23)22-8-7-21-9-10-24-13-16(21)12-22/h3-4,11,16H,2,5-10,12-13H2,1H3,(H,20,23). The van der Waals surface area contributed by atoms with Gasteiger partial charge in [-0.05, 0) is 37.1 Å². The average Bonchev–Trinajstić information content (AvgIpc) is 2.63. The Morgan fingerprint density at radius 1 is 1.40 bits per heavy atom. The average molecular weight is 368 g/mol. The van der Waals surface area contributed by atoms with Crippen LogP contribution < -0.4 is 10.1 Å². The molecular weight excluding hydrogens is 342 g/mol. The Morgan fingerprint density at radius 2 is 2.28 bits per heavy atom. The van der Waals surface area contributed by atoms with Crippen LogP contribution in [0.15, 0.2) is 18.2 Å². The number of hydrogen-bond acceptors (Lipinski definition) is 4. The summed E-state index contributed by atoms with van der Waals surface area (Å²) in [5.74, 6) is 0.828. The number of nitrogens with zero attached hydrogens (tertiary/aromatic N) is 2. The number of nitrogens with one attached hydrogen (secondary N) is 1. The largest absolute Gasteiger partial charge is 0.494 e. The van der Waals surface area contributed by atoms with E-state index in [9.17, 15) is 4.79 Å². The molecule has 0 saturated carbocycles. The van der Waals surface area contributed by atoms with Crippen molar-refractivity contribution in [1.29, 1.82) is 0 Å². The van der Waals surface area contributed by atoms with Crippen LogP contribution in [0, 0.1) is 0 Å². The third kappa shape index (κ3) is 4.77. The first-order valence-corrected chi connectivity index (χ1v) is 9.31. The molecule has 1 unspecified atom stereocenters. The molecule has 7 heteroatoms. The number of carbonyl (C=O) groups is 1. The van der Waals surface area contributed by atoms with E-state index in [0.29, 0.717) is 37.2 Å². The predicted octanol–water partition coefficient (Wildman–Crippen LogP) is 2.01. The van der Waals surface area contributed by atoms with Gasteiger partial charge in [0.2, 0.25) is 0 Å². The molecule has 2 heterocycles. The van der Waals surface area contributed by atoms with E-state index < -0.39 is 0 Å². The minimum Gasteiger partial charge on any atom is -0.494 e. The summed E-state index contributed by atoms with van der Waals surface area (Å²) in [6, 6.07) is 5.92. The molecule has 138 valence electrons. The molecule has 2 aliphatic heterocycles. The van der Waals surface area contributed by atoms with E-state index >= 15 is 0 Å². The molecule has 2 saturated heterocycles. The zero-order valence-electron chi connectivity index (χ0n) is 14.7. The highest BCUT2D eigenvalue weighted by molar-refractivity contribution is 6.30. The number of halogens is 1. The molecule has 0 aromatic heterocycles. The third-order valence-electron chi connectivity index (χ3n) is 4.72. The molecule has 1 aromatic rings. The second kappa shape index (κ2) is 8.74. The SMILES string of the molecule is CCOc1ccc(Cl)cc1CCNC(=O)N1CCN2CCOCC2C1. The maximum atomic E-state index is 12.4. The number of ether oxygens (including phenoxy) is 2. The molecule has 3 rings (SSSR count). The molecule has 1 atom stereocenters. The second-order valence-corrected chi connectivity index (χ2v) is 6.81. The van der Waals surface area contributed by atoms with Crippen LogP contribution in [0.25, 0.3) is 0 Å². The summed E-state index contributed by atoms with van der Waals surface area (Å²) < 4.78 is 11.2. The van der Waals surface area contributed by atoms with Gasteiger partial charge in [0.25, 0.3) is 0 Å². The Kier molecular flexibility index (Phi) is 6.39. The van der Waals surface area contributed by atoms with Gasteiger partial charge in [0.1, 0.15) is 5.75 Å². The first kappa shape index (κ1) is 18.3. The zero-order valence-corrected chi connectivity index (χ0v) is 15.4. The minimum absolute atomic E-state index is 0.00906. The molecule has 2 amide bonds. The Bertz CT molecular complexity index is 599. The van der Waals surface area contributed by atoms with Crippen LogP contribution in [0.4, 0.5) is 4.79 Å². The summed E-state index contributed by atoms with van der Waals surface area (Å²) in [4.78, 5) is 16.7. The smallest absolute Gasteiger partial charge is 0.317 e. The number of carbonyl (C=O) groups excluding carboxylic acids is 1. The highest BCUT2D eigenvalue weighted by Crippen LogP contribution is 2.23. The number of morpholine rings is 1. The lowest BCUT2D eigenvalue weighted by Crippen LogP contribution is -2.60. The second-order valence-electron chi connectivity index (χ2n) is 6.38. The summed E-state index contributed by atoms with van der Waals surface area (Å²) in [5.41, 5.74) is 1.01. The van der Waals surface area contributed by atoms with Crippen molar-refractivity contribution in [3.05, 3.63) is 28.8 Å². The highest BCUT2D eigenvalue weighted by Gasteiger charge is 2.31. The summed E-state index contributed by atoms with van der Waals surface area (Å²) in [6.07, 6.45) is 0.689. The molecule has 2 aliphatic rings. The fourth-order valence-corrected chi connectivity index (χ4v) is 3.58. The molecule has 25 heavy (non-hydrogen) atoms. The van der Waals surface area contributed by atoms with Crippen LogP contribution in [-0.2, 0) is 11.2 Å². The van der Waals surface area contributed by atoms with Crippen LogP contribution in [0.2, 0.25) is 5.02 Å². The van der Waals surface area contributed by atoms with Gasteiger partial charge in [0.05, 0.1) is 25.9 Å². The predicted molar refractivity (Wildman–Crippen MR) is 97.5 cm³/mol. The van der Waals surface area contributed by atoms with Crippen molar-refractivity contribution in [3.63, 3.8) is 0 Å². The van der Waals surface area contributed by atoms with Crippen molar-refractivity contribution < 1.29 is 14.3 Å². The fourth-order valence-electron chi connectivity index (χ4n) is 3.39. The van der Waals surface area contributed by atoms with Crippen molar-refractivity contribution in [3.8, 4) is 5.75 Å². The van der Waals surface area contributed by atoms with Crippen molar-refractivity contribution in [2.24, 2.45) is 0 Å². The Balaban J connectivity index is 1.49. The lowest BCUT2D eigenvalue weighted by Gasteiger charge is -2.43. The molecule has 0 bridgehead atoms. The van der Waals surface area contributed by atoms with Gasteiger partial charge in [0, 0.05) is 37.7 Å². The maximum absolute atomic E-state index is 12.4. The van der Waals surface area contributed by atoms with Crippen molar-refractivity contribution >= 4 is 17.6 Å². The monoisotopic (exact) mass is 367 g/mol. The Labute approximate surface area is 154 Å². The molecule has 0 aliphatic carbocycles.